The molecule has 0 aromatic heterocycles. The van der Waals surface area contributed by atoms with Gasteiger partial charge in [-0.2, -0.15) is 0 Å². The molecule has 1 fully saturated rings. The molecule has 3 rings (SSSR count). The van der Waals surface area contributed by atoms with Crippen molar-refractivity contribution in [3.8, 4) is 0 Å². The highest BCUT2D eigenvalue weighted by atomic mass is 16.2. The zero-order chi connectivity index (χ0) is 17.6. The summed E-state index contributed by atoms with van der Waals surface area (Å²) in [4.78, 5) is 41.2. The fourth-order valence-corrected chi connectivity index (χ4v) is 3.67. The first-order valence-corrected chi connectivity index (χ1v) is 8.30. The van der Waals surface area contributed by atoms with Crippen LogP contribution < -0.4 is 10.2 Å². The smallest absolute Gasteiger partial charge is 0.331 e. The number of rotatable bonds is 2. The average Bonchev–Trinajstić information content (AvgIpc) is 2.52. The third-order valence-corrected chi connectivity index (χ3v) is 5.18. The van der Waals surface area contributed by atoms with E-state index in [-0.39, 0.29) is 18.5 Å². The number of imide groups is 2. The van der Waals surface area contributed by atoms with Gasteiger partial charge in [0.2, 0.25) is 11.8 Å². The maximum absolute atomic E-state index is 13.2. The summed E-state index contributed by atoms with van der Waals surface area (Å²) in [7, 11) is 1.87. The Labute approximate surface area is 141 Å². The van der Waals surface area contributed by atoms with Crippen molar-refractivity contribution in [2.24, 2.45) is 5.41 Å². The zero-order valence-electron chi connectivity index (χ0n) is 14.5. The summed E-state index contributed by atoms with van der Waals surface area (Å²) in [6, 6.07) is 5.19. The van der Waals surface area contributed by atoms with E-state index in [4.69, 9.17) is 0 Å². The summed E-state index contributed by atoms with van der Waals surface area (Å²) in [5, 5.41) is 2.40. The first-order chi connectivity index (χ1) is 11.3. The van der Waals surface area contributed by atoms with Gasteiger partial charge < -0.3 is 4.90 Å². The Bertz CT molecular complexity index is 730. The summed E-state index contributed by atoms with van der Waals surface area (Å²) < 4.78 is 0. The van der Waals surface area contributed by atoms with Gasteiger partial charge in [0.15, 0.2) is 0 Å². The van der Waals surface area contributed by atoms with Crippen LogP contribution in [0.1, 0.15) is 31.4 Å². The van der Waals surface area contributed by atoms with Crippen LogP contribution in [0.15, 0.2) is 18.2 Å². The van der Waals surface area contributed by atoms with Crippen LogP contribution in [0.3, 0.4) is 0 Å². The highest BCUT2D eigenvalue weighted by Gasteiger charge is 2.56. The SMILES string of the molecule is CC[C@@H](C)N1C(=O)NC(=O)[C@]2(Cc3cc(C)ccc3N(C)C2)C1=O. The van der Waals surface area contributed by atoms with E-state index in [1.54, 1.807) is 0 Å². The first-order valence-electron chi connectivity index (χ1n) is 8.30. The van der Waals surface area contributed by atoms with Crippen molar-refractivity contribution in [2.75, 3.05) is 18.5 Å². The van der Waals surface area contributed by atoms with E-state index in [2.05, 4.69) is 5.32 Å². The highest BCUT2D eigenvalue weighted by Crippen LogP contribution is 2.40. The van der Waals surface area contributed by atoms with Gasteiger partial charge in [0.05, 0.1) is 0 Å². The van der Waals surface area contributed by atoms with E-state index in [0.29, 0.717) is 12.8 Å². The molecule has 4 amide bonds. The Balaban J connectivity index is 2.07. The van der Waals surface area contributed by atoms with E-state index in [0.717, 1.165) is 16.8 Å². The molecule has 1 N–H and O–H groups in total. The van der Waals surface area contributed by atoms with Crippen molar-refractivity contribution in [3.63, 3.8) is 0 Å². The minimum atomic E-state index is -1.24. The topological polar surface area (TPSA) is 69.7 Å². The summed E-state index contributed by atoms with van der Waals surface area (Å²) in [6.07, 6.45) is 0.966. The molecule has 2 aliphatic rings. The van der Waals surface area contributed by atoms with Crippen molar-refractivity contribution in [1.82, 2.24) is 10.2 Å². The van der Waals surface area contributed by atoms with Crippen LogP contribution in [-0.2, 0) is 16.0 Å². The number of hydrogen-bond donors (Lipinski definition) is 1. The third kappa shape index (κ3) is 2.28. The number of hydrogen-bond acceptors (Lipinski definition) is 4. The molecule has 1 spiro atoms. The average molecular weight is 329 g/mol. The minimum Gasteiger partial charge on any atom is -0.373 e. The molecule has 0 radical (unpaired) electrons. The number of aryl methyl sites for hydroxylation is 1. The van der Waals surface area contributed by atoms with Crippen LogP contribution in [0.5, 0.6) is 0 Å². The molecule has 2 atom stereocenters. The molecule has 1 aromatic rings. The normalized spacial score (nSPS) is 24.9. The molecule has 0 unspecified atom stereocenters. The minimum absolute atomic E-state index is 0.244. The summed E-state index contributed by atoms with van der Waals surface area (Å²) in [6.45, 7) is 6.00. The summed E-state index contributed by atoms with van der Waals surface area (Å²) >= 11 is 0. The lowest BCUT2D eigenvalue weighted by molar-refractivity contribution is -0.152. The van der Waals surface area contributed by atoms with E-state index in [1.807, 2.05) is 50.9 Å². The van der Waals surface area contributed by atoms with E-state index in [1.165, 1.54) is 4.90 Å². The molecule has 0 aliphatic carbocycles. The molecule has 2 aliphatic heterocycles. The number of amides is 4. The summed E-state index contributed by atoms with van der Waals surface area (Å²) in [5.41, 5.74) is 1.83. The fourth-order valence-electron chi connectivity index (χ4n) is 3.67. The molecule has 6 heteroatoms. The van der Waals surface area contributed by atoms with Crippen LogP contribution >= 0.6 is 0 Å². The maximum Gasteiger partial charge on any atom is 0.331 e. The summed E-state index contributed by atoms with van der Waals surface area (Å²) in [5.74, 6) is -0.874. The molecule has 0 saturated carbocycles. The molecule has 24 heavy (non-hydrogen) atoms. The van der Waals surface area contributed by atoms with Crippen molar-refractivity contribution < 1.29 is 14.4 Å². The second-order valence-electron chi connectivity index (χ2n) is 6.94. The number of nitrogens with zero attached hydrogens (tertiary/aromatic N) is 2. The van der Waals surface area contributed by atoms with Gasteiger partial charge in [-0.15, -0.1) is 0 Å². The molecule has 1 saturated heterocycles. The molecule has 1 aromatic carbocycles. The van der Waals surface area contributed by atoms with Crippen molar-refractivity contribution in [2.45, 2.75) is 39.7 Å². The number of anilines is 1. The third-order valence-electron chi connectivity index (χ3n) is 5.18. The van der Waals surface area contributed by atoms with Gasteiger partial charge in [-0.1, -0.05) is 24.6 Å². The van der Waals surface area contributed by atoms with Gasteiger partial charge in [0.1, 0.15) is 5.41 Å². The van der Waals surface area contributed by atoms with E-state index in [9.17, 15) is 14.4 Å². The Kier molecular flexibility index (Phi) is 3.86. The highest BCUT2D eigenvalue weighted by molar-refractivity contribution is 6.20. The van der Waals surface area contributed by atoms with Gasteiger partial charge in [-0.25, -0.2) is 4.79 Å². The number of carbonyl (C=O) groups excluding carboxylic acids is 3. The number of fused-ring (bicyclic) bond motifs is 1. The molecule has 6 nitrogen and oxygen atoms in total. The number of benzene rings is 1. The lowest BCUT2D eigenvalue weighted by atomic mass is 9.74. The molecular weight excluding hydrogens is 306 g/mol. The Morgan fingerprint density at radius 3 is 2.67 bits per heavy atom. The second-order valence-corrected chi connectivity index (χ2v) is 6.94. The molecule has 2 heterocycles. The van der Waals surface area contributed by atoms with E-state index >= 15 is 0 Å². The number of carbonyl (C=O) groups is 3. The Morgan fingerprint density at radius 2 is 2.00 bits per heavy atom. The largest absolute Gasteiger partial charge is 0.373 e. The lowest BCUT2D eigenvalue weighted by Gasteiger charge is -2.46. The number of urea groups is 1. The quantitative estimate of drug-likeness (QED) is 0.841. The second kappa shape index (κ2) is 5.61. The van der Waals surface area contributed by atoms with Crippen LogP contribution in [-0.4, -0.2) is 42.4 Å². The van der Waals surface area contributed by atoms with Gasteiger partial charge in [0, 0.05) is 25.3 Å². The number of nitrogens with one attached hydrogen (secondary N) is 1. The van der Waals surface area contributed by atoms with E-state index < -0.39 is 17.4 Å². The predicted molar refractivity (Wildman–Crippen MR) is 90.7 cm³/mol. The van der Waals surface area contributed by atoms with Crippen molar-refractivity contribution in [3.05, 3.63) is 29.3 Å². The first kappa shape index (κ1) is 16.5. The molecule has 0 bridgehead atoms. The van der Waals surface area contributed by atoms with Crippen LogP contribution in [0, 0.1) is 12.3 Å². The zero-order valence-corrected chi connectivity index (χ0v) is 14.5. The van der Waals surface area contributed by atoms with Crippen LogP contribution in [0.4, 0.5) is 10.5 Å². The maximum atomic E-state index is 13.2. The van der Waals surface area contributed by atoms with Crippen LogP contribution in [0.2, 0.25) is 0 Å². The molecule has 128 valence electrons. The van der Waals surface area contributed by atoms with Crippen molar-refractivity contribution >= 4 is 23.5 Å². The molecular formula is C18H23N3O3. The monoisotopic (exact) mass is 329 g/mol. The number of barbiturate groups is 1. The Hall–Kier alpha value is -2.37. The standard InChI is InChI=1S/C18H23N3O3/c1-5-12(3)21-16(23)18(15(22)19-17(21)24)9-13-8-11(2)6-7-14(13)20(4)10-18/h6-8,12H,5,9-10H2,1-4H3,(H,19,22,24)/t12-,18-/m1/s1. The van der Waals surface area contributed by atoms with Crippen molar-refractivity contribution in [1.29, 1.82) is 0 Å². The van der Waals surface area contributed by atoms with Gasteiger partial charge >= 0.3 is 6.03 Å². The predicted octanol–water partition coefficient (Wildman–Crippen LogP) is 1.85. The van der Waals surface area contributed by atoms with Gasteiger partial charge in [-0.3, -0.25) is 19.8 Å². The van der Waals surface area contributed by atoms with Gasteiger partial charge in [-0.05, 0) is 38.3 Å². The van der Waals surface area contributed by atoms with Crippen LogP contribution in [0.25, 0.3) is 0 Å². The lowest BCUT2D eigenvalue weighted by Crippen LogP contribution is -2.69. The fraction of sp³-hybridized carbons (Fsp3) is 0.500. The van der Waals surface area contributed by atoms with Gasteiger partial charge in [0.25, 0.3) is 0 Å². The Morgan fingerprint density at radius 1 is 1.29 bits per heavy atom.